The van der Waals surface area contributed by atoms with E-state index in [1.807, 2.05) is 19.1 Å². The number of nitrogens with two attached hydrogens (primary N) is 1. The van der Waals surface area contributed by atoms with E-state index >= 15 is 0 Å². The van der Waals surface area contributed by atoms with Crippen LogP contribution in [-0.2, 0) is 4.74 Å². The van der Waals surface area contributed by atoms with Gasteiger partial charge in [0.1, 0.15) is 5.82 Å². The van der Waals surface area contributed by atoms with Gasteiger partial charge in [0.2, 0.25) is 5.88 Å². The van der Waals surface area contributed by atoms with Crippen molar-refractivity contribution in [2.75, 3.05) is 37.4 Å². The Morgan fingerprint density at radius 3 is 3.00 bits per heavy atom. The van der Waals surface area contributed by atoms with Gasteiger partial charge in [0.05, 0.1) is 25.5 Å². The van der Waals surface area contributed by atoms with Crippen molar-refractivity contribution < 1.29 is 9.47 Å². The molecule has 0 bridgehead atoms. The lowest BCUT2D eigenvalue weighted by molar-refractivity contribution is 0.149. The van der Waals surface area contributed by atoms with Crippen LogP contribution in [0.25, 0.3) is 0 Å². The second kappa shape index (κ2) is 8.36. The monoisotopic (exact) mass is 251 g/mol. The van der Waals surface area contributed by atoms with Gasteiger partial charge in [-0.1, -0.05) is 6.08 Å². The van der Waals surface area contributed by atoms with Gasteiger partial charge in [-0.15, -0.1) is 6.58 Å². The lowest BCUT2D eigenvalue weighted by Gasteiger charge is -2.09. The average molecular weight is 251 g/mol. The molecule has 0 aliphatic carbocycles. The molecule has 0 aliphatic heterocycles. The molecule has 1 aromatic heterocycles. The third-order valence-electron chi connectivity index (χ3n) is 2.19. The Kier molecular flexibility index (Phi) is 6.64. The van der Waals surface area contributed by atoms with E-state index in [1.54, 1.807) is 6.07 Å². The number of ether oxygens (including phenoxy) is 2. The summed E-state index contributed by atoms with van der Waals surface area (Å²) in [5.41, 5.74) is 6.28. The molecule has 1 aromatic rings. The molecule has 18 heavy (non-hydrogen) atoms. The van der Waals surface area contributed by atoms with E-state index in [0.29, 0.717) is 37.9 Å². The van der Waals surface area contributed by atoms with Crippen LogP contribution in [-0.4, -0.2) is 31.3 Å². The minimum absolute atomic E-state index is 0.468. The topological polar surface area (TPSA) is 69.4 Å². The van der Waals surface area contributed by atoms with Gasteiger partial charge >= 0.3 is 0 Å². The van der Waals surface area contributed by atoms with Crippen LogP contribution in [0.2, 0.25) is 0 Å². The van der Waals surface area contributed by atoms with Crippen molar-refractivity contribution in [1.82, 2.24) is 4.98 Å². The molecule has 0 atom stereocenters. The molecule has 3 N–H and O–H groups in total. The third kappa shape index (κ3) is 5.05. The number of rotatable bonds is 9. The highest BCUT2D eigenvalue weighted by atomic mass is 16.5. The molecule has 1 heterocycles. The van der Waals surface area contributed by atoms with E-state index in [1.165, 1.54) is 0 Å². The minimum atomic E-state index is 0.468. The molecule has 0 aliphatic rings. The molecule has 5 nitrogen and oxygen atoms in total. The maximum Gasteiger partial charge on any atom is 0.239 e. The lowest BCUT2D eigenvalue weighted by atomic mass is 10.4. The second-order valence-electron chi connectivity index (χ2n) is 3.64. The molecule has 0 unspecified atom stereocenters. The molecular weight excluding hydrogens is 230 g/mol. The quantitative estimate of drug-likeness (QED) is 0.519. The first kappa shape index (κ1) is 14.3. The van der Waals surface area contributed by atoms with Gasteiger partial charge in [-0.3, -0.25) is 0 Å². The molecule has 0 saturated heterocycles. The van der Waals surface area contributed by atoms with Crippen molar-refractivity contribution in [3.63, 3.8) is 0 Å². The zero-order valence-electron chi connectivity index (χ0n) is 10.8. The Morgan fingerprint density at radius 1 is 1.44 bits per heavy atom. The molecule has 1 rings (SSSR count). The van der Waals surface area contributed by atoms with Gasteiger partial charge in [0.25, 0.3) is 0 Å². The fraction of sp³-hybridized carbons (Fsp3) is 0.462. The van der Waals surface area contributed by atoms with E-state index in [-0.39, 0.29) is 0 Å². The number of nitrogens with one attached hydrogen (secondary N) is 1. The minimum Gasteiger partial charge on any atom is -0.476 e. The Hall–Kier alpha value is -1.75. The molecule has 0 aromatic carbocycles. The normalized spacial score (nSPS) is 10.1. The van der Waals surface area contributed by atoms with Gasteiger partial charge < -0.3 is 20.5 Å². The summed E-state index contributed by atoms with van der Waals surface area (Å²) < 4.78 is 10.7. The summed E-state index contributed by atoms with van der Waals surface area (Å²) >= 11 is 0. The average Bonchev–Trinajstić information content (AvgIpc) is 2.37. The van der Waals surface area contributed by atoms with Crippen molar-refractivity contribution in [3.8, 4) is 5.88 Å². The van der Waals surface area contributed by atoms with Crippen LogP contribution in [0.4, 0.5) is 11.5 Å². The Morgan fingerprint density at radius 2 is 2.28 bits per heavy atom. The zero-order valence-corrected chi connectivity index (χ0v) is 10.8. The van der Waals surface area contributed by atoms with Crippen LogP contribution in [0.5, 0.6) is 5.88 Å². The number of nitrogens with zero attached hydrogens (tertiary/aromatic N) is 1. The SMILES string of the molecule is C=CCCOCCNc1ccc(N)c(OCC)n1. The first-order valence-electron chi connectivity index (χ1n) is 6.09. The number of nitrogen functional groups attached to an aromatic ring is 1. The fourth-order valence-corrected chi connectivity index (χ4v) is 1.32. The van der Waals surface area contributed by atoms with Crippen molar-refractivity contribution >= 4 is 11.5 Å². The number of hydrogen-bond donors (Lipinski definition) is 2. The number of pyridine rings is 1. The van der Waals surface area contributed by atoms with E-state index in [0.717, 1.165) is 12.2 Å². The summed E-state index contributed by atoms with van der Waals surface area (Å²) in [6.45, 7) is 8.10. The van der Waals surface area contributed by atoms with E-state index in [9.17, 15) is 0 Å². The summed E-state index contributed by atoms with van der Waals surface area (Å²) in [7, 11) is 0. The highest BCUT2D eigenvalue weighted by Crippen LogP contribution is 2.20. The molecule has 0 amide bonds. The van der Waals surface area contributed by atoms with Crippen LogP contribution in [0, 0.1) is 0 Å². The summed E-state index contributed by atoms with van der Waals surface area (Å²) in [5, 5.41) is 3.15. The summed E-state index contributed by atoms with van der Waals surface area (Å²) in [6.07, 6.45) is 2.71. The first-order valence-corrected chi connectivity index (χ1v) is 6.09. The molecule has 0 fully saturated rings. The molecule has 0 saturated carbocycles. The van der Waals surface area contributed by atoms with Crippen LogP contribution in [0.15, 0.2) is 24.8 Å². The molecule has 100 valence electrons. The van der Waals surface area contributed by atoms with Crippen molar-refractivity contribution in [2.45, 2.75) is 13.3 Å². The molecule has 5 heteroatoms. The van der Waals surface area contributed by atoms with Gasteiger partial charge in [-0.05, 0) is 25.5 Å². The van der Waals surface area contributed by atoms with Crippen LogP contribution >= 0.6 is 0 Å². The van der Waals surface area contributed by atoms with Crippen LogP contribution < -0.4 is 15.8 Å². The maximum absolute atomic E-state index is 5.74. The molecular formula is C13H21N3O2. The van der Waals surface area contributed by atoms with E-state index < -0.39 is 0 Å². The second-order valence-corrected chi connectivity index (χ2v) is 3.64. The summed E-state index contributed by atoms with van der Waals surface area (Å²) in [4.78, 5) is 4.27. The number of aromatic nitrogens is 1. The van der Waals surface area contributed by atoms with Crippen LogP contribution in [0.1, 0.15) is 13.3 Å². The van der Waals surface area contributed by atoms with Crippen LogP contribution in [0.3, 0.4) is 0 Å². The predicted molar refractivity (Wildman–Crippen MR) is 73.9 cm³/mol. The van der Waals surface area contributed by atoms with Gasteiger partial charge in [-0.2, -0.15) is 4.98 Å². The van der Waals surface area contributed by atoms with E-state index in [4.69, 9.17) is 15.2 Å². The largest absolute Gasteiger partial charge is 0.476 e. The Bertz CT molecular complexity index is 369. The number of hydrogen-bond acceptors (Lipinski definition) is 5. The molecule has 0 spiro atoms. The predicted octanol–water partition coefficient (Wildman–Crippen LogP) is 2.07. The zero-order chi connectivity index (χ0) is 13.2. The smallest absolute Gasteiger partial charge is 0.239 e. The summed E-state index contributed by atoms with van der Waals surface area (Å²) in [5.74, 6) is 1.20. The third-order valence-corrected chi connectivity index (χ3v) is 2.19. The maximum atomic E-state index is 5.74. The molecule has 0 radical (unpaired) electrons. The van der Waals surface area contributed by atoms with Crippen molar-refractivity contribution in [1.29, 1.82) is 0 Å². The number of anilines is 2. The van der Waals surface area contributed by atoms with Crippen molar-refractivity contribution in [3.05, 3.63) is 24.8 Å². The van der Waals surface area contributed by atoms with Gasteiger partial charge in [0.15, 0.2) is 0 Å². The highest BCUT2D eigenvalue weighted by Gasteiger charge is 2.03. The van der Waals surface area contributed by atoms with Gasteiger partial charge in [0, 0.05) is 6.54 Å². The van der Waals surface area contributed by atoms with Gasteiger partial charge in [-0.25, -0.2) is 0 Å². The van der Waals surface area contributed by atoms with Crippen molar-refractivity contribution in [2.24, 2.45) is 0 Å². The lowest BCUT2D eigenvalue weighted by Crippen LogP contribution is -2.11. The first-order chi connectivity index (χ1) is 8.77. The Balaban J connectivity index is 2.33. The summed E-state index contributed by atoms with van der Waals surface area (Å²) in [6, 6.07) is 3.60. The Labute approximate surface area is 108 Å². The standard InChI is InChI=1S/C13H21N3O2/c1-3-5-9-17-10-8-15-12-7-6-11(14)13(16-12)18-4-2/h3,6-7H,1,4-5,8-10,14H2,2H3,(H,15,16). The van der Waals surface area contributed by atoms with E-state index in [2.05, 4.69) is 16.9 Å². The fourth-order valence-electron chi connectivity index (χ4n) is 1.32. The highest BCUT2D eigenvalue weighted by molar-refractivity contribution is 5.53.